The number of rotatable bonds is 4. The Labute approximate surface area is 217 Å². The Morgan fingerprint density at radius 3 is 2.68 bits per heavy atom. The van der Waals surface area contributed by atoms with Gasteiger partial charge in [0.2, 0.25) is 5.91 Å². The van der Waals surface area contributed by atoms with Gasteiger partial charge >= 0.3 is 0 Å². The summed E-state index contributed by atoms with van der Waals surface area (Å²) in [6, 6.07) is 12.3. The van der Waals surface area contributed by atoms with Gasteiger partial charge in [0.15, 0.2) is 17.2 Å². The molecule has 2 atom stereocenters. The molecule has 3 heterocycles. The topological polar surface area (TPSA) is 82.8 Å². The SMILES string of the molecule is NC(=O)c1cc2c(c(F)c1-c1c(Cl)c(F)cc3c1C[C@](c1ccccc1)([C@@H]1CCCN1)O3)OCCOC2. The van der Waals surface area contributed by atoms with Crippen molar-refractivity contribution >= 4 is 17.5 Å². The molecule has 0 saturated carbocycles. The first-order valence-electron chi connectivity index (χ1n) is 12.3. The van der Waals surface area contributed by atoms with Crippen molar-refractivity contribution in [3.8, 4) is 22.6 Å². The summed E-state index contributed by atoms with van der Waals surface area (Å²) in [5.74, 6) is -2.29. The van der Waals surface area contributed by atoms with E-state index < -0.39 is 23.1 Å². The average molecular weight is 527 g/mol. The Kier molecular flexibility index (Phi) is 6.06. The van der Waals surface area contributed by atoms with Crippen molar-refractivity contribution in [3.63, 3.8) is 0 Å². The average Bonchev–Trinajstić information content (AvgIpc) is 3.50. The van der Waals surface area contributed by atoms with Crippen LogP contribution in [-0.2, 0) is 23.4 Å². The smallest absolute Gasteiger partial charge is 0.249 e. The number of benzene rings is 3. The first kappa shape index (κ1) is 24.2. The molecule has 37 heavy (non-hydrogen) atoms. The molecule has 6 rings (SSSR count). The Morgan fingerprint density at radius 1 is 1.14 bits per heavy atom. The fourth-order valence-electron chi connectivity index (χ4n) is 5.79. The lowest BCUT2D eigenvalue weighted by atomic mass is 9.80. The molecule has 3 aromatic rings. The van der Waals surface area contributed by atoms with E-state index in [4.69, 9.17) is 31.5 Å². The van der Waals surface area contributed by atoms with E-state index in [1.807, 2.05) is 30.3 Å². The summed E-state index contributed by atoms with van der Waals surface area (Å²) in [4.78, 5) is 12.6. The highest BCUT2D eigenvalue weighted by molar-refractivity contribution is 6.34. The molecular formula is C28H25ClF2N2O4. The Balaban J connectivity index is 1.60. The number of carbonyl (C=O) groups excluding carboxylic acids is 1. The second kappa shape index (κ2) is 9.28. The highest BCUT2D eigenvalue weighted by Crippen LogP contribution is 2.52. The quantitative estimate of drug-likeness (QED) is 0.506. The molecule has 1 fully saturated rings. The van der Waals surface area contributed by atoms with Gasteiger partial charge in [-0.1, -0.05) is 41.9 Å². The number of amides is 1. The predicted molar refractivity (Wildman–Crippen MR) is 134 cm³/mol. The van der Waals surface area contributed by atoms with Gasteiger partial charge in [-0.3, -0.25) is 4.79 Å². The minimum atomic E-state index is -0.874. The van der Waals surface area contributed by atoms with Crippen LogP contribution in [0.15, 0.2) is 42.5 Å². The van der Waals surface area contributed by atoms with Crippen LogP contribution in [0.4, 0.5) is 8.78 Å². The third-order valence-corrected chi connectivity index (χ3v) is 7.82. The molecule has 0 radical (unpaired) electrons. The van der Waals surface area contributed by atoms with Gasteiger partial charge in [0, 0.05) is 34.7 Å². The number of nitrogens with one attached hydrogen (secondary N) is 1. The summed E-state index contributed by atoms with van der Waals surface area (Å²) in [6.07, 6.45) is 2.10. The number of halogens is 3. The summed E-state index contributed by atoms with van der Waals surface area (Å²) < 4.78 is 49.2. The zero-order chi connectivity index (χ0) is 25.7. The van der Waals surface area contributed by atoms with E-state index >= 15 is 8.78 Å². The van der Waals surface area contributed by atoms with Crippen molar-refractivity contribution in [2.24, 2.45) is 5.73 Å². The Morgan fingerprint density at radius 2 is 1.95 bits per heavy atom. The Bertz CT molecular complexity index is 1400. The van der Waals surface area contributed by atoms with Crippen molar-refractivity contribution in [1.29, 1.82) is 0 Å². The fraction of sp³-hybridized carbons (Fsp3) is 0.321. The zero-order valence-electron chi connectivity index (χ0n) is 19.9. The van der Waals surface area contributed by atoms with Crippen LogP contribution in [0.5, 0.6) is 11.5 Å². The number of fused-ring (bicyclic) bond motifs is 2. The van der Waals surface area contributed by atoms with Crippen molar-refractivity contribution in [2.45, 2.75) is 37.5 Å². The lowest BCUT2D eigenvalue weighted by Gasteiger charge is -2.35. The van der Waals surface area contributed by atoms with E-state index in [2.05, 4.69) is 5.32 Å². The molecule has 192 valence electrons. The lowest BCUT2D eigenvalue weighted by Crippen LogP contribution is -2.48. The van der Waals surface area contributed by atoms with Crippen molar-refractivity contribution in [3.05, 3.63) is 81.4 Å². The van der Waals surface area contributed by atoms with E-state index in [9.17, 15) is 4.79 Å². The maximum Gasteiger partial charge on any atom is 0.249 e. The number of hydrogen-bond acceptors (Lipinski definition) is 5. The first-order valence-corrected chi connectivity index (χ1v) is 12.6. The monoisotopic (exact) mass is 526 g/mol. The molecule has 0 bridgehead atoms. The van der Waals surface area contributed by atoms with Crippen LogP contribution < -0.4 is 20.5 Å². The largest absolute Gasteiger partial charge is 0.488 e. The number of ether oxygens (including phenoxy) is 3. The summed E-state index contributed by atoms with van der Waals surface area (Å²) in [7, 11) is 0. The summed E-state index contributed by atoms with van der Waals surface area (Å²) in [5.41, 5.74) is 6.33. The second-order valence-corrected chi connectivity index (χ2v) is 9.95. The van der Waals surface area contributed by atoms with Crippen molar-refractivity contribution < 1.29 is 27.8 Å². The third-order valence-electron chi connectivity index (χ3n) is 7.45. The van der Waals surface area contributed by atoms with Crippen LogP contribution in [0, 0.1) is 11.6 Å². The number of carbonyl (C=O) groups is 1. The summed E-state index contributed by atoms with van der Waals surface area (Å²) in [5, 5.41) is 3.21. The molecule has 0 unspecified atom stereocenters. The molecular weight excluding hydrogens is 502 g/mol. The highest BCUT2D eigenvalue weighted by Gasteiger charge is 2.50. The zero-order valence-corrected chi connectivity index (χ0v) is 20.7. The molecule has 1 saturated heterocycles. The maximum atomic E-state index is 16.2. The van der Waals surface area contributed by atoms with Crippen molar-refractivity contribution in [1.82, 2.24) is 5.32 Å². The molecule has 3 aliphatic rings. The summed E-state index contributed by atoms with van der Waals surface area (Å²) >= 11 is 6.54. The standard InChI is InChI=1S/C28H25ClF2N2O4/c29-24-19(30)12-20-18(13-28(37-20,21-7-4-8-33-21)16-5-2-1-3-6-16)22(24)23-17(27(32)34)11-15-14-35-9-10-36-26(15)25(23)31/h1-3,5-6,11-12,21,33H,4,7-10,13-14H2,(H2,32,34)/t21-,28-/m0/s1. The molecule has 6 nitrogen and oxygen atoms in total. The van der Waals surface area contributed by atoms with Gasteiger partial charge in [-0.25, -0.2) is 8.78 Å². The molecule has 1 amide bonds. The lowest BCUT2D eigenvalue weighted by molar-refractivity contribution is 0.0539. The van der Waals surface area contributed by atoms with Gasteiger partial charge in [0.05, 0.1) is 29.8 Å². The van der Waals surface area contributed by atoms with Gasteiger partial charge in [0.25, 0.3) is 0 Å². The van der Waals surface area contributed by atoms with E-state index in [0.717, 1.165) is 24.9 Å². The number of hydrogen-bond donors (Lipinski definition) is 2. The van der Waals surface area contributed by atoms with Crippen molar-refractivity contribution in [2.75, 3.05) is 19.8 Å². The predicted octanol–water partition coefficient (Wildman–Crippen LogP) is 4.88. The molecule has 3 aliphatic heterocycles. The van der Waals surface area contributed by atoms with Crippen LogP contribution in [0.2, 0.25) is 5.02 Å². The van der Waals surface area contributed by atoms with Gasteiger partial charge in [-0.05, 0) is 31.0 Å². The second-order valence-electron chi connectivity index (χ2n) is 9.57. The van der Waals surface area contributed by atoms with E-state index in [1.54, 1.807) is 0 Å². The minimum Gasteiger partial charge on any atom is -0.488 e. The van der Waals surface area contributed by atoms with Gasteiger partial charge in [-0.15, -0.1) is 0 Å². The van der Waals surface area contributed by atoms with E-state index in [-0.39, 0.29) is 65.5 Å². The molecule has 9 heteroatoms. The molecule has 0 spiro atoms. The van der Waals surface area contributed by atoms with Crippen LogP contribution in [0.25, 0.3) is 11.1 Å². The summed E-state index contributed by atoms with van der Waals surface area (Å²) in [6.45, 7) is 1.26. The molecule has 0 aliphatic carbocycles. The van der Waals surface area contributed by atoms with Crippen LogP contribution in [0.3, 0.4) is 0 Å². The molecule has 0 aromatic heterocycles. The maximum absolute atomic E-state index is 16.2. The van der Waals surface area contributed by atoms with Crippen LogP contribution >= 0.6 is 11.6 Å². The van der Waals surface area contributed by atoms with Gasteiger partial charge < -0.3 is 25.3 Å². The molecule has 3 N–H and O–H groups in total. The highest BCUT2D eigenvalue weighted by atomic mass is 35.5. The number of primary amides is 1. The van der Waals surface area contributed by atoms with Crippen LogP contribution in [0.1, 0.15) is 39.9 Å². The minimum absolute atomic E-state index is 0.0510. The van der Waals surface area contributed by atoms with Gasteiger partial charge in [-0.2, -0.15) is 0 Å². The van der Waals surface area contributed by atoms with Gasteiger partial charge in [0.1, 0.15) is 18.2 Å². The molecule has 3 aromatic carbocycles. The Hall–Kier alpha value is -3.20. The van der Waals surface area contributed by atoms with Crippen LogP contribution in [-0.4, -0.2) is 31.7 Å². The first-order chi connectivity index (χ1) is 17.9. The normalized spacial score (nSPS) is 22.5. The van der Waals surface area contributed by atoms with E-state index in [1.165, 1.54) is 12.1 Å². The third kappa shape index (κ3) is 3.86. The number of nitrogens with two attached hydrogens (primary N) is 1. The van der Waals surface area contributed by atoms with E-state index in [0.29, 0.717) is 11.1 Å². The fourth-order valence-corrected chi connectivity index (χ4v) is 6.06.